The highest BCUT2D eigenvalue weighted by Crippen LogP contribution is 1.83. The molecule has 0 spiro atoms. The van der Waals surface area contributed by atoms with Crippen molar-refractivity contribution in [2.45, 2.75) is 0 Å². The SMILES string of the molecule is COCCOCCS(=O)(=O)O. The molecule has 0 saturated carbocycles. The van der Waals surface area contributed by atoms with Crippen LogP contribution in [0, 0.1) is 0 Å². The van der Waals surface area contributed by atoms with Crippen LogP contribution in [0.2, 0.25) is 0 Å². The second-order valence-electron chi connectivity index (χ2n) is 1.89. The van der Waals surface area contributed by atoms with Crippen LogP contribution in [0.4, 0.5) is 0 Å². The van der Waals surface area contributed by atoms with Crippen molar-refractivity contribution in [3.63, 3.8) is 0 Å². The molecule has 0 aromatic carbocycles. The minimum Gasteiger partial charge on any atom is -0.382 e. The molecule has 0 bridgehead atoms. The van der Waals surface area contributed by atoms with Crippen molar-refractivity contribution in [2.24, 2.45) is 0 Å². The van der Waals surface area contributed by atoms with Crippen LogP contribution in [-0.4, -0.2) is 45.7 Å². The molecule has 0 unspecified atom stereocenters. The van der Waals surface area contributed by atoms with Crippen LogP contribution >= 0.6 is 0 Å². The van der Waals surface area contributed by atoms with Gasteiger partial charge in [0.1, 0.15) is 0 Å². The lowest BCUT2D eigenvalue weighted by molar-refractivity contribution is 0.0781. The van der Waals surface area contributed by atoms with Crippen LogP contribution in [0.5, 0.6) is 0 Å². The third-order valence-corrected chi connectivity index (χ3v) is 1.60. The highest BCUT2D eigenvalue weighted by molar-refractivity contribution is 7.85. The first-order valence-electron chi connectivity index (χ1n) is 3.08. The molecule has 0 amide bonds. The Hall–Kier alpha value is -0.170. The summed E-state index contributed by atoms with van der Waals surface area (Å²) in [6, 6.07) is 0. The van der Waals surface area contributed by atoms with Crippen LogP contribution < -0.4 is 0 Å². The summed E-state index contributed by atoms with van der Waals surface area (Å²) in [5, 5.41) is 0. The largest absolute Gasteiger partial charge is 0.382 e. The number of hydrogen-bond acceptors (Lipinski definition) is 4. The first-order valence-corrected chi connectivity index (χ1v) is 4.69. The third kappa shape index (κ3) is 9.83. The molecular formula is C5H12O5S. The number of hydrogen-bond donors (Lipinski definition) is 1. The lowest BCUT2D eigenvalue weighted by Crippen LogP contribution is -2.12. The maximum absolute atomic E-state index is 10.1. The third-order valence-electron chi connectivity index (χ3n) is 0.917. The first-order chi connectivity index (χ1) is 5.06. The molecule has 0 saturated heterocycles. The fourth-order valence-corrected chi connectivity index (χ4v) is 0.737. The molecular weight excluding hydrogens is 172 g/mol. The summed E-state index contributed by atoms with van der Waals surface area (Å²) < 4.78 is 37.9. The van der Waals surface area contributed by atoms with Crippen molar-refractivity contribution in [3.05, 3.63) is 0 Å². The Kier molecular flexibility index (Phi) is 5.39. The second-order valence-corrected chi connectivity index (χ2v) is 3.46. The topological polar surface area (TPSA) is 72.8 Å². The zero-order valence-electron chi connectivity index (χ0n) is 6.32. The molecule has 11 heavy (non-hydrogen) atoms. The van der Waals surface area contributed by atoms with Crippen molar-refractivity contribution < 1.29 is 22.4 Å². The number of ether oxygens (including phenoxy) is 2. The molecule has 5 nitrogen and oxygen atoms in total. The van der Waals surface area contributed by atoms with Gasteiger partial charge in [-0.05, 0) is 0 Å². The Morgan fingerprint density at radius 3 is 2.36 bits per heavy atom. The van der Waals surface area contributed by atoms with Crippen LogP contribution in [0.15, 0.2) is 0 Å². The van der Waals surface area contributed by atoms with Crippen LogP contribution in [0.1, 0.15) is 0 Å². The summed E-state index contributed by atoms with van der Waals surface area (Å²) in [5.41, 5.74) is 0. The van der Waals surface area contributed by atoms with E-state index >= 15 is 0 Å². The number of methoxy groups -OCH3 is 1. The Bertz CT molecular complexity index is 173. The van der Waals surface area contributed by atoms with Crippen LogP contribution in [0.3, 0.4) is 0 Å². The summed E-state index contributed by atoms with van der Waals surface area (Å²) in [6.07, 6.45) is 0. The van der Waals surface area contributed by atoms with Gasteiger partial charge in [0.25, 0.3) is 10.1 Å². The van der Waals surface area contributed by atoms with E-state index in [-0.39, 0.29) is 12.4 Å². The minimum atomic E-state index is -3.88. The lowest BCUT2D eigenvalue weighted by Gasteiger charge is -2.00. The molecule has 6 heteroatoms. The van der Waals surface area contributed by atoms with Gasteiger partial charge in [0, 0.05) is 7.11 Å². The summed E-state index contributed by atoms with van der Waals surface area (Å²) in [4.78, 5) is 0. The molecule has 0 rings (SSSR count). The first kappa shape index (κ1) is 10.8. The maximum atomic E-state index is 10.1. The van der Waals surface area contributed by atoms with E-state index in [0.717, 1.165) is 0 Å². The fraction of sp³-hybridized carbons (Fsp3) is 1.00. The highest BCUT2D eigenvalue weighted by atomic mass is 32.2. The van der Waals surface area contributed by atoms with Gasteiger partial charge in [-0.15, -0.1) is 0 Å². The van der Waals surface area contributed by atoms with E-state index in [1.165, 1.54) is 7.11 Å². The summed E-state index contributed by atoms with van der Waals surface area (Å²) in [5.74, 6) is -0.364. The van der Waals surface area contributed by atoms with Gasteiger partial charge in [-0.3, -0.25) is 4.55 Å². The molecule has 68 valence electrons. The molecule has 0 radical (unpaired) electrons. The van der Waals surface area contributed by atoms with E-state index in [9.17, 15) is 8.42 Å². The minimum absolute atomic E-state index is 0.00218. The lowest BCUT2D eigenvalue weighted by atomic mass is 10.7. The van der Waals surface area contributed by atoms with Gasteiger partial charge in [0.2, 0.25) is 0 Å². The average Bonchev–Trinajstić information content (AvgIpc) is 1.85. The van der Waals surface area contributed by atoms with Crippen LogP contribution in [0.25, 0.3) is 0 Å². The van der Waals surface area contributed by atoms with Crippen LogP contribution in [-0.2, 0) is 19.6 Å². The predicted molar refractivity (Wildman–Crippen MR) is 39.1 cm³/mol. The van der Waals surface area contributed by atoms with Crippen molar-refractivity contribution >= 4 is 10.1 Å². The monoisotopic (exact) mass is 184 g/mol. The Labute approximate surface area is 66.1 Å². The Morgan fingerprint density at radius 1 is 1.27 bits per heavy atom. The molecule has 0 heterocycles. The molecule has 0 aliphatic heterocycles. The van der Waals surface area contributed by atoms with Gasteiger partial charge in [0.15, 0.2) is 0 Å². The van der Waals surface area contributed by atoms with E-state index < -0.39 is 10.1 Å². The molecule has 0 aliphatic carbocycles. The summed E-state index contributed by atoms with van der Waals surface area (Å²) in [7, 11) is -2.36. The summed E-state index contributed by atoms with van der Waals surface area (Å²) in [6.45, 7) is 0.764. The van der Waals surface area contributed by atoms with Gasteiger partial charge in [-0.2, -0.15) is 8.42 Å². The predicted octanol–water partition coefficient (Wildman–Crippen LogP) is -0.463. The van der Waals surface area contributed by atoms with Gasteiger partial charge in [-0.1, -0.05) is 0 Å². The Morgan fingerprint density at radius 2 is 1.91 bits per heavy atom. The molecule has 1 N–H and O–H groups in total. The molecule has 0 aliphatic rings. The van der Waals surface area contributed by atoms with E-state index in [0.29, 0.717) is 13.2 Å². The van der Waals surface area contributed by atoms with Crippen molar-refractivity contribution in [3.8, 4) is 0 Å². The van der Waals surface area contributed by atoms with E-state index in [2.05, 4.69) is 4.74 Å². The quantitative estimate of drug-likeness (QED) is 0.446. The van der Waals surface area contributed by atoms with Crippen molar-refractivity contribution in [1.29, 1.82) is 0 Å². The fourth-order valence-electron chi connectivity index (χ4n) is 0.409. The zero-order chi connectivity index (χ0) is 8.74. The van der Waals surface area contributed by atoms with E-state index in [4.69, 9.17) is 9.29 Å². The molecule has 0 atom stereocenters. The summed E-state index contributed by atoms with van der Waals surface area (Å²) >= 11 is 0. The highest BCUT2D eigenvalue weighted by Gasteiger charge is 2.02. The zero-order valence-corrected chi connectivity index (χ0v) is 7.13. The maximum Gasteiger partial charge on any atom is 0.267 e. The molecule has 0 aromatic rings. The van der Waals surface area contributed by atoms with Gasteiger partial charge in [0.05, 0.1) is 25.6 Å². The molecule has 0 aromatic heterocycles. The van der Waals surface area contributed by atoms with Gasteiger partial charge in [-0.25, -0.2) is 0 Å². The number of rotatable bonds is 6. The smallest absolute Gasteiger partial charge is 0.267 e. The van der Waals surface area contributed by atoms with Crippen molar-refractivity contribution in [1.82, 2.24) is 0 Å². The van der Waals surface area contributed by atoms with E-state index in [1.807, 2.05) is 0 Å². The standard InChI is InChI=1S/C5H12O5S/c1-9-2-3-10-4-5-11(6,7)8/h2-5H2,1H3,(H,6,7,8). The van der Waals surface area contributed by atoms with Crippen molar-refractivity contribution in [2.75, 3.05) is 32.7 Å². The second kappa shape index (κ2) is 5.48. The normalized spacial score (nSPS) is 11.8. The molecule has 0 fully saturated rings. The van der Waals surface area contributed by atoms with Gasteiger partial charge >= 0.3 is 0 Å². The van der Waals surface area contributed by atoms with Gasteiger partial charge < -0.3 is 9.47 Å². The van der Waals surface area contributed by atoms with E-state index in [1.54, 1.807) is 0 Å². The Balaban J connectivity index is 3.16. The average molecular weight is 184 g/mol.